The standard InChI is InChI=1S/C27H35N3O3/c1-4-8-24(31)27(22-9-6-5-7-10-22)16-19-30(20-17-27)25(32)15-18-28-26(33)21-11-13-23(14-12-21)29(2)3/h5-7,9-14H,4,8,15-20H2,1-3H3,(H,28,33). The summed E-state index contributed by atoms with van der Waals surface area (Å²) in [5, 5.41) is 2.84. The van der Waals surface area contributed by atoms with E-state index in [2.05, 4.69) is 5.32 Å². The van der Waals surface area contributed by atoms with Gasteiger partial charge in [-0.05, 0) is 49.1 Å². The molecule has 0 aromatic heterocycles. The summed E-state index contributed by atoms with van der Waals surface area (Å²) in [5.41, 5.74) is 2.16. The van der Waals surface area contributed by atoms with Crippen LogP contribution in [0.4, 0.5) is 5.69 Å². The Morgan fingerprint density at radius 1 is 0.939 bits per heavy atom. The monoisotopic (exact) mass is 449 g/mol. The van der Waals surface area contributed by atoms with Crippen molar-refractivity contribution in [2.75, 3.05) is 38.6 Å². The van der Waals surface area contributed by atoms with Gasteiger partial charge >= 0.3 is 0 Å². The van der Waals surface area contributed by atoms with Crippen LogP contribution >= 0.6 is 0 Å². The average Bonchev–Trinajstić information content (AvgIpc) is 2.84. The van der Waals surface area contributed by atoms with E-state index in [0.29, 0.717) is 44.5 Å². The third-order valence-corrected chi connectivity index (χ3v) is 6.58. The van der Waals surface area contributed by atoms with E-state index >= 15 is 0 Å². The van der Waals surface area contributed by atoms with Gasteiger partial charge in [-0.1, -0.05) is 37.3 Å². The fourth-order valence-corrected chi connectivity index (χ4v) is 4.54. The molecule has 1 aliphatic heterocycles. The molecule has 2 aromatic rings. The minimum atomic E-state index is -0.499. The van der Waals surface area contributed by atoms with E-state index in [0.717, 1.165) is 17.7 Å². The first-order valence-corrected chi connectivity index (χ1v) is 11.8. The summed E-state index contributed by atoms with van der Waals surface area (Å²) in [6.45, 7) is 3.44. The van der Waals surface area contributed by atoms with Gasteiger partial charge in [0.2, 0.25) is 5.91 Å². The van der Waals surface area contributed by atoms with Crippen molar-refractivity contribution in [2.24, 2.45) is 0 Å². The van der Waals surface area contributed by atoms with Crippen molar-refractivity contribution in [1.82, 2.24) is 10.2 Å². The maximum Gasteiger partial charge on any atom is 0.251 e. The molecule has 0 atom stereocenters. The molecule has 6 heteroatoms. The number of carbonyl (C=O) groups excluding carboxylic acids is 3. The van der Waals surface area contributed by atoms with Crippen molar-refractivity contribution in [3.8, 4) is 0 Å². The molecule has 33 heavy (non-hydrogen) atoms. The van der Waals surface area contributed by atoms with Crippen LogP contribution in [0.5, 0.6) is 0 Å². The second-order valence-electron chi connectivity index (χ2n) is 8.95. The van der Waals surface area contributed by atoms with Crippen LogP contribution < -0.4 is 10.2 Å². The highest BCUT2D eigenvalue weighted by Crippen LogP contribution is 2.37. The Morgan fingerprint density at radius 2 is 1.58 bits per heavy atom. The summed E-state index contributed by atoms with van der Waals surface area (Å²) in [6.07, 6.45) is 2.93. The second-order valence-corrected chi connectivity index (χ2v) is 8.95. The molecule has 1 heterocycles. The Kier molecular flexibility index (Phi) is 8.26. The van der Waals surface area contributed by atoms with Crippen LogP contribution in [-0.2, 0) is 15.0 Å². The highest BCUT2D eigenvalue weighted by Gasteiger charge is 2.42. The van der Waals surface area contributed by atoms with Gasteiger partial charge in [-0.2, -0.15) is 0 Å². The lowest BCUT2D eigenvalue weighted by atomic mass is 9.68. The summed E-state index contributed by atoms with van der Waals surface area (Å²) < 4.78 is 0. The quantitative estimate of drug-likeness (QED) is 0.632. The van der Waals surface area contributed by atoms with Gasteiger partial charge < -0.3 is 15.1 Å². The third-order valence-electron chi connectivity index (χ3n) is 6.58. The van der Waals surface area contributed by atoms with Gasteiger partial charge in [-0.3, -0.25) is 14.4 Å². The van der Waals surface area contributed by atoms with Crippen LogP contribution in [0.1, 0.15) is 54.9 Å². The van der Waals surface area contributed by atoms with Crippen molar-refractivity contribution in [3.05, 3.63) is 65.7 Å². The lowest BCUT2D eigenvalue weighted by Crippen LogP contribution is -2.49. The lowest BCUT2D eigenvalue weighted by Gasteiger charge is -2.41. The molecule has 2 aromatic carbocycles. The van der Waals surface area contributed by atoms with Crippen LogP contribution in [0.15, 0.2) is 54.6 Å². The Bertz CT molecular complexity index is 946. The zero-order valence-corrected chi connectivity index (χ0v) is 20.0. The summed E-state index contributed by atoms with van der Waals surface area (Å²) in [6, 6.07) is 17.3. The Morgan fingerprint density at radius 3 is 2.15 bits per heavy atom. The van der Waals surface area contributed by atoms with Crippen molar-refractivity contribution in [1.29, 1.82) is 0 Å². The topological polar surface area (TPSA) is 69.7 Å². The van der Waals surface area contributed by atoms with Gasteiger partial charge in [0.1, 0.15) is 5.78 Å². The van der Waals surface area contributed by atoms with Gasteiger partial charge in [-0.15, -0.1) is 0 Å². The number of rotatable bonds is 9. The summed E-state index contributed by atoms with van der Waals surface area (Å²) in [5.74, 6) is 0.110. The number of anilines is 1. The van der Waals surface area contributed by atoms with Crippen molar-refractivity contribution < 1.29 is 14.4 Å². The molecular weight excluding hydrogens is 414 g/mol. The van der Waals surface area contributed by atoms with Crippen molar-refractivity contribution in [2.45, 2.75) is 44.4 Å². The fourth-order valence-electron chi connectivity index (χ4n) is 4.54. The van der Waals surface area contributed by atoms with Gasteiger partial charge in [-0.25, -0.2) is 0 Å². The average molecular weight is 450 g/mol. The maximum atomic E-state index is 13.1. The molecule has 0 saturated carbocycles. The Balaban J connectivity index is 1.53. The summed E-state index contributed by atoms with van der Waals surface area (Å²) in [7, 11) is 3.90. The molecule has 0 radical (unpaired) electrons. The predicted octanol–water partition coefficient (Wildman–Crippen LogP) is 3.80. The molecule has 1 N–H and O–H groups in total. The van der Waals surface area contributed by atoms with E-state index in [4.69, 9.17) is 0 Å². The van der Waals surface area contributed by atoms with Crippen LogP contribution in [0.3, 0.4) is 0 Å². The van der Waals surface area contributed by atoms with Crippen LogP contribution in [0, 0.1) is 0 Å². The Hall–Kier alpha value is -3.15. The molecule has 6 nitrogen and oxygen atoms in total. The molecule has 1 saturated heterocycles. The smallest absolute Gasteiger partial charge is 0.251 e. The highest BCUT2D eigenvalue weighted by atomic mass is 16.2. The van der Waals surface area contributed by atoms with E-state index in [-0.39, 0.29) is 24.0 Å². The minimum Gasteiger partial charge on any atom is -0.378 e. The molecule has 1 aliphatic rings. The first-order chi connectivity index (χ1) is 15.9. The van der Waals surface area contributed by atoms with Gasteiger partial charge in [0, 0.05) is 57.8 Å². The predicted molar refractivity (Wildman–Crippen MR) is 132 cm³/mol. The first-order valence-electron chi connectivity index (χ1n) is 11.8. The van der Waals surface area contributed by atoms with Crippen LogP contribution in [-0.4, -0.2) is 56.2 Å². The molecule has 0 bridgehead atoms. The van der Waals surface area contributed by atoms with Crippen molar-refractivity contribution >= 4 is 23.3 Å². The van der Waals surface area contributed by atoms with Crippen molar-refractivity contribution in [3.63, 3.8) is 0 Å². The zero-order valence-electron chi connectivity index (χ0n) is 20.0. The van der Waals surface area contributed by atoms with Crippen LogP contribution in [0.2, 0.25) is 0 Å². The van der Waals surface area contributed by atoms with E-state index < -0.39 is 5.41 Å². The SMILES string of the molecule is CCCC(=O)C1(c2ccccc2)CCN(C(=O)CCNC(=O)c2ccc(N(C)C)cc2)CC1. The highest BCUT2D eigenvalue weighted by molar-refractivity contribution is 5.95. The number of ketones is 1. The molecule has 2 amide bonds. The number of nitrogens with zero attached hydrogens (tertiary/aromatic N) is 2. The number of hydrogen-bond donors (Lipinski definition) is 1. The number of benzene rings is 2. The normalized spacial score (nSPS) is 15.1. The van der Waals surface area contributed by atoms with E-state index in [1.807, 2.05) is 73.3 Å². The van der Waals surface area contributed by atoms with E-state index in [1.165, 1.54) is 0 Å². The summed E-state index contributed by atoms with van der Waals surface area (Å²) in [4.78, 5) is 42.0. The maximum absolute atomic E-state index is 13.1. The molecular formula is C27H35N3O3. The second kappa shape index (κ2) is 11.1. The third kappa shape index (κ3) is 5.81. The number of Topliss-reactive ketones (excluding diaryl/α,β-unsaturated/α-hetero) is 1. The van der Waals surface area contributed by atoms with Gasteiger partial charge in [0.25, 0.3) is 5.91 Å². The number of hydrogen-bond acceptors (Lipinski definition) is 4. The molecule has 176 valence electrons. The van der Waals surface area contributed by atoms with E-state index in [9.17, 15) is 14.4 Å². The molecule has 0 unspecified atom stereocenters. The largest absolute Gasteiger partial charge is 0.378 e. The lowest BCUT2D eigenvalue weighted by molar-refractivity contribution is -0.136. The number of nitrogens with one attached hydrogen (secondary N) is 1. The molecule has 0 spiro atoms. The minimum absolute atomic E-state index is 0.0165. The zero-order chi connectivity index (χ0) is 23.8. The number of amides is 2. The Labute approximate surface area is 197 Å². The number of piperidine rings is 1. The number of carbonyl (C=O) groups is 3. The van der Waals surface area contributed by atoms with E-state index in [1.54, 1.807) is 12.1 Å². The first kappa shape index (κ1) is 24.5. The molecule has 3 rings (SSSR count). The molecule has 1 fully saturated rings. The number of likely N-dealkylation sites (tertiary alicyclic amines) is 1. The van der Waals surface area contributed by atoms with Gasteiger partial charge in [0.15, 0.2) is 0 Å². The van der Waals surface area contributed by atoms with Crippen LogP contribution in [0.25, 0.3) is 0 Å². The molecule has 0 aliphatic carbocycles. The van der Waals surface area contributed by atoms with Gasteiger partial charge in [0.05, 0.1) is 5.41 Å². The summed E-state index contributed by atoms with van der Waals surface area (Å²) >= 11 is 0. The fraction of sp³-hybridized carbons (Fsp3) is 0.444.